The van der Waals surface area contributed by atoms with Crippen LogP contribution < -0.4 is 0 Å². The standard InChI is InChI=1S/C23H32N2O4/c1-6-28-21(26)19-15-18-9-7-8-17(20(18)24(19)5)14-16-10-12-25(13-11-16)22(27)29-23(2,3)4/h7-9,15-16H,6,10-14H2,1-5H3. The molecular formula is C23H32N2O4. The predicted octanol–water partition coefficient (Wildman–Crippen LogP) is 4.54. The Morgan fingerprint density at radius 2 is 1.86 bits per heavy atom. The summed E-state index contributed by atoms with van der Waals surface area (Å²) < 4.78 is 12.6. The van der Waals surface area contributed by atoms with Gasteiger partial charge in [-0.3, -0.25) is 0 Å². The zero-order valence-electron chi connectivity index (χ0n) is 18.2. The van der Waals surface area contributed by atoms with E-state index in [-0.39, 0.29) is 12.1 Å². The van der Waals surface area contributed by atoms with Gasteiger partial charge in [-0.25, -0.2) is 9.59 Å². The summed E-state index contributed by atoms with van der Waals surface area (Å²) in [7, 11) is 1.92. The summed E-state index contributed by atoms with van der Waals surface area (Å²) in [4.78, 5) is 26.3. The molecule has 158 valence electrons. The first-order valence-corrected chi connectivity index (χ1v) is 10.4. The lowest BCUT2D eigenvalue weighted by Gasteiger charge is -2.33. The molecule has 0 spiro atoms. The fraction of sp³-hybridized carbons (Fsp3) is 0.565. The first-order valence-electron chi connectivity index (χ1n) is 10.4. The molecule has 0 unspecified atom stereocenters. The van der Waals surface area contributed by atoms with Crippen LogP contribution in [0, 0.1) is 5.92 Å². The van der Waals surface area contributed by atoms with E-state index in [9.17, 15) is 9.59 Å². The number of aromatic nitrogens is 1. The number of carbonyl (C=O) groups is 2. The summed E-state index contributed by atoms with van der Waals surface area (Å²) in [6.07, 6.45) is 2.61. The first-order chi connectivity index (χ1) is 13.7. The van der Waals surface area contributed by atoms with Crippen LogP contribution in [-0.4, -0.2) is 46.8 Å². The van der Waals surface area contributed by atoms with Crippen molar-refractivity contribution in [1.82, 2.24) is 9.47 Å². The number of hydrogen-bond donors (Lipinski definition) is 0. The molecule has 6 heteroatoms. The van der Waals surface area contributed by atoms with Crippen LogP contribution in [0.1, 0.15) is 56.6 Å². The molecule has 1 aliphatic rings. The van der Waals surface area contributed by atoms with E-state index in [4.69, 9.17) is 9.47 Å². The van der Waals surface area contributed by atoms with Crippen molar-refractivity contribution in [3.63, 3.8) is 0 Å². The molecule has 1 saturated heterocycles. The summed E-state index contributed by atoms with van der Waals surface area (Å²) >= 11 is 0. The number of rotatable bonds is 4. The molecule has 0 aliphatic carbocycles. The summed E-state index contributed by atoms with van der Waals surface area (Å²) in [6.45, 7) is 9.29. The van der Waals surface area contributed by atoms with Crippen molar-refractivity contribution >= 4 is 23.0 Å². The van der Waals surface area contributed by atoms with Gasteiger partial charge in [-0.05, 0) is 64.5 Å². The van der Waals surface area contributed by atoms with Crippen molar-refractivity contribution in [2.75, 3.05) is 19.7 Å². The van der Waals surface area contributed by atoms with Crippen LogP contribution in [0.3, 0.4) is 0 Å². The second-order valence-corrected chi connectivity index (χ2v) is 8.78. The number of esters is 1. The van der Waals surface area contributed by atoms with E-state index in [1.54, 1.807) is 0 Å². The average Bonchev–Trinajstić information content (AvgIpc) is 2.99. The molecule has 3 rings (SSSR count). The van der Waals surface area contributed by atoms with Gasteiger partial charge in [0.05, 0.1) is 12.1 Å². The second kappa shape index (κ2) is 8.47. The Bertz CT molecular complexity index is 886. The van der Waals surface area contributed by atoms with Gasteiger partial charge >= 0.3 is 12.1 Å². The third-order valence-corrected chi connectivity index (χ3v) is 5.40. The highest BCUT2D eigenvalue weighted by molar-refractivity contribution is 5.96. The molecule has 0 saturated carbocycles. The lowest BCUT2D eigenvalue weighted by Crippen LogP contribution is -2.42. The summed E-state index contributed by atoms with van der Waals surface area (Å²) in [5.74, 6) is 0.211. The Labute approximate surface area is 172 Å². The van der Waals surface area contributed by atoms with E-state index < -0.39 is 5.60 Å². The second-order valence-electron chi connectivity index (χ2n) is 8.78. The van der Waals surface area contributed by atoms with Gasteiger partial charge < -0.3 is 18.9 Å². The molecule has 0 N–H and O–H groups in total. The van der Waals surface area contributed by atoms with Gasteiger partial charge in [0.1, 0.15) is 11.3 Å². The number of fused-ring (bicyclic) bond motifs is 1. The highest BCUT2D eigenvalue weighted by Gasteiger charge is 2.27. The molecular weight excluding hydrogens is 368 g/mol. The summed E-state index contributed by atoms with van der Waals surface area (Å²) in [6, 6.07) is 8.12. The highest BCUT2D eigenvalue weighted by Crippen LogP contribution is 2.29. The van der Waals surface area contributed by atoms with Crippen LogP contribution in [0.25, 0.3) is 10.9 Å². The lowest BCUT2D eigenvalue weighted by molar-refractivity contribution is 0.0184. The normalized spacial score (nSPS) is 15.6. The van der Waals surface area contributed by atoms with E-state index in [1.165, 1.54) is 5.56 Å². The Hall–Kier alpha value is -2.50. The zero-order valence-corrected chi connectivity index (χ0v) is 18.2. The summed E-state index contributed by atoms with van der Waals surface area (Å²) in [5, 5.41) is 1.05. The number of amides is 1. The van der Waals surface area contributed by atoms with E-state index in [1.807, 2.05) is 62.4 Å². The van der Waals surface area contributed by atoms with Crippen LogP contribution in [0.2, 0.25) is 0 Å². The number of carbonyl (C=O) groups excluding carboxylic acids is 2. The minimum absolute atomic E-state index is 0.223. The van der Waals surface area contributed by atoms with Gasteiger partial charge in [-0.2, -0.15) is 0 Å². The molecule has 1 fully saturated rings. The quantitative estimate of drug-likeness (QED) is 0.707. The Balaban J connectivity index is 1.70. The molecule has 6 nitrogen and oxygen atoms in total. The molecule has 1 aromatic heterocycles. The summed E-state index contributed by atoms with van der Waals surface area (Å²) in [5.41, 5.74) is 2.43. The Morgan fingerprint density at radius 3 is 2.48 bits per heavy atom. The maximum Gasteiger partial charge on any atom is 0.410 e. The van der Waals surface area contributed by atoms with Crippen molar-refractivity contribution < 1.29 is 19.1 Å². The number of ether oxygens (including phenoxy) is 2. The lowest BCUT2D eigenvalue weighted by atomic mass is 9.89. The Kier molecular flexibility index (Phi) is 6.20. The van der Waals surface area contributed by atoms with Gasteiger partial charge in [0, 0.05) is 25.5 Å². The van der Waals surface area contributed by atoms with Crippen molar-refractivity contribution in [2.24, 2.45) is 13.0 Å². The molecule has 2 heterocycles. The molecule has 1 aliphatic heterocycles. The largest absolute Gasteiger partial charge is 0.461 e. The average molecular weight is 401 g/mol. The van der Waals surface area contributed by atoms with Crippen LogP contribution >= 0.6 is 0 Å². The monoisotopic (exact) mass is 400 g/mol. The van der Waals surface area contributed by atoms with Crippen LogP contribution in [0.5, 0.6) is 0 Å². The molecule has 0 bridgehead atoms. The number of nitrogens with zero attached hydrogens (tertiary/aromatic N) is 2. The predicted molar refractivity (Wildman–Crippen MR) is 113 cm³/mol. The number of aryl methyl sites for hydroxylation is 1. The van der Waals surface area contributed by atoms with E-state index >= 15 is 0 Å². The minimum atomic E-state index is -0.466. The van der Waals surface area contributed by atoms with Crippen molar-refractivity contribution in [3.05, 3.63) is 35.5 Å². The topological polar surface area (TPSA) is 60.8 Å². The third-order valence-electron chi connectivity index (χ3n) is 5.40. The van der Waals surface area contributed by atoms with Gasteiger partial charge in [-0.1, -0.05) is 18.2 Å². The zero-order chi connectivity index (χ0) is 21.2. The van der Waals surface area contributed by atoms with Gasteiger partial charge in [-0.15, -0.1) is 0 Å². The van der Waals surface area contributed by atoms with Crippen LogP contribution in [0.4, 0.5) is 4.79 Å². The Morgan fingerprint density at radius 1 is 1.17 bits per heavy atom. The van der Waals surface area contributed by atoms with Gasteiger partial charge in [0.15, 0.2) is 0 Å². The van der Waals surface area contributed by atoms with Crippen molar-refractivity contribution in [1.29, 1.82) is 0 Å². The third kappa shape index (κ3) is 4.92. The number of piperidine rings is 1. The van der Waals surface area contributed by atoms with Gasteiger partial charge in [0.25, 0.3) is 0 Å². The molecule has 2 aromatic rings. The number of benzene rings is 1. The first kappa shape index (κ1) is 21.2. The molecule has 29 heavy (non-hydrogen) atoms. The van der Waals surface area contributed by atoms with Gasteiger partial charge in [0.2, 0.25) is 0 Å². The maximum absolute atomic E-state index is 12.3. The van der Waals surface area contributed by atoms with Crippen LogP contribution in [-0.2, 0) is 22.9 Å². The fourth-order valence-electron chi connectivity index (χ4n) is 4.02. The van der Waals surface area contributed by atoms with Crippen LogP contribution in [0.15, 0.2) is 24.3 Å². The molecule has 0 atom stereocenters. The molecule has 0 radical (unpaired) electrons. The highest BCUT2D eigenvalue weighted by atomic mass is 16.6. The molecule has 1 aromatic carbocycles. The maximum atomic E-state index is 12.3. The SMILES string of the molecule is CCOC(=O)c1cc2cccc(CC3CCN(C(=O)OC(C)(C)C)CC3)c2n1C. The number of para-hydroxylation sites is 1. The minimum Gasteiger partial charge on any atom is -0.461 e. The van der Waals surface area contributed by atoms with Crippen molar-refractivity contribution in [2.45, 2.75) is 52.6 Å². The van der Waals surface area contributed by atoms with E-state index in [0.29, 0.717) is 18.2 Å². The molecule has 1 amide bonds. The number of hydrogen-bond acceptors (Lipinski definition) is 4. The fourth-order valence-corrected chi connectivity index (χ4v) is 4.02. The van der Waals surface area contributed by atoms with Crippen molar-refractivity contribution in [3.8, 4) is 0 Å². The van der Waals surface area contributed by atoms with E-state index in [2.05, 4.69) is 6.07 Å². The van der Waals surface area contributed by atoms with E-state index in [0.717, 1.165) is 43.3 Å². The smallest absolute Gasteiger partial charge is 0.410 e. The number of likely N-dealkylation sites (tertiary alicyclic amines) is 1.